The number of carbonyl (C=O) groups is 2. The molecule has 2 saturated heterocycles. The van der Waals surface area contributed by atoms with Crippen LogP contribution in [0.5, 0.6) is 0 Å². The number of ether oxygens (including phenoxy) is 1. The van der Waals surface area contributed by atoms with E-state index < -0.39 is 16.2 Å². The summed E-state index contributed by atoms with van der Waals surface area (Å²) in [6.45, 7) is 11.4. The van der Waals surface area contributed by atoms with Crippen molar-refractivity contribution in [3.63, 3.8) is 0 Å². The molecule has 2 aliphatic rings. The molecule has 0 radical (unpaired) electrons. The van der Waals surface area contributed by atoms with Crippen molar-refractivity contribution in [3.05, 3.63) is 59.3 Å². The van der Waals surface area contributed by atoms with Gasteiger partial charge >= 0.3 is 6.09 Å². The second-order valence-electron chi connectivity index (χ2n) is 11.2. The van der Waals surface area contributed by atoms with Gasteiger partial charge in [-0.1, -0.05) is 23.7 Å². The van der Waals surface area contributed by atoms with E-state index in [1.165, 1.54) is 0 Å². The second kappa shape index (κ2) is 12.3. The highest BCUT2D eigenvalue weighted by molar-refractivity contribution is 8.24. The van der Waals surface area contributed by atoms with Crippen LogP contribution >= 0.6 is 22.2 Å². The fraction of sp³-hybridized carbons (Fsp3) is 0.448. The van der Waals surface area contributed by atoms with Crippen LogP contribution in [0.2, 0.25) is 5.02 Å². The van der Waals surface area contributed by atoms with Crippen LogP contribution < -0.4 is 4.90 Å². The summed E-state index contributed by atoms with van der Waals surface area (Å²) < 4.78 is 25.6. The van der Waals surface area contributed by atoms with Gasteiger partial charge in [0, 0.05) is 50.2 Å². The van der Waals surface area contributed by atoms with Gasteiger partial charge in [-0.15, -0.1) is 6.58 Å². The number of aromatic nitrogens is 1. The van der Waals surface area contributed by atoms with E-state index in [-0.39, 0.29) is 41.1 Å². The molecule has 0 spiro atoms. The van der Waals surface area contributed by atoms with Crippen molar-refractivity contribution in [3.8, 4) is 17.2 Å². The van der Waals surface area contributed by atoms with E-state index in [1.807, 2.05) is 25.7 Å². The molecule has 220 valence electrons. The van der Waals surface area contributed by atoms with E-state index in [9.17, 15) is 24.0 Å². The molecule has 0 aliphatic carbocycles. The topological polar surface area (TPSA) is 130 Å². The molecule has 41 heavy (non-hydrogen) atoms. The molecule has 2 aliphatic heterocycles. The monoisotopic (exact) mass is 601 g/mol. The zero-order chi connectivity index (χ0) is 29.9. The second-order valence-corrected chi connectivity index (χ2v) is 14.0. The SMILES string of the molecule is C=CCN(C(=O)c1ccc(-c2cnc(N3CCN(C(=O)OC(C)(C)C)CC3)c(C#N)c2)cc1Cl)C1CCS(O)(O)C1. The first-order valence-electron chi connectivity index (χ1n) is 13.4. The molecule has 2 fully saturated rings. The number of nitrogens with zero attached hydrogens (tertiary/aromatic N) is 5. The predicted molar refractivity (Wildman–Crippen MR) is 162 cm³/mol. The van der Waals surface area contributed by atoms with Crippen LogP contribution in [0.3, 0.4) is 0 Å². The number of hydrogen-bond acceptors (Lipinski definition) is 8. The Kier molecular flexibility index (Phi) is 9.19. The Morgan fingerprint density at radius 1 is 1.24 bits per heavy atom. The number of hydrogen-bond donors (Lipinski definition) is 2. The molecule has 1 unspecified atom stereocenters. The van der Waals surface area contributed by atoms with Gasteiger partial charge in [-0.2, -0.15) is 15.9 Å². The zero-order valence-corrected chi connectivity index (χ0v) is 25.1. The average Bonchev–Trinajstić information content (AvgIpc) is 3.29. The third kappa shape index (κ3) is 7.32. The molecule has 4 rings (SSSR count). The van der Waals surface area contributed by atoms with Gasteiger partial charge in [-0.3, -0.25) is 13.9 Å². The van der Waals surface area contributed by atoms with Gasteiger partial charge in [0.05, 0.1) is 27.9 Å². The summed E-state index contributed by atoms with van der Waals surface area (Å²) in [6, 6.07) is 8.72. The van der Waals surface area contributed by atoms with E-state index in [1.54, 1.807) is 46.3 Å². The van der Waals surface area contributed by atoms with Gasteiger partial charge in [0.25, 0.3) is 5.91 Å². The Hall–Kier alpha value is -3.30. The summed E-state index contributed by atoms with van der Waals surface area (Å²) in [6.07, 6.45) is 3.42. The molecule has 0 saturated carbocycles. The summed E-state index contributed by atoms with van der Waals surface area (Å²) in [5, 5.41) is 10.1. The molecule has 10 nitrogen and oxygen atoms in total. The number of nitriles is 1. The van der Waals surface area contributed by atoms with Crippen molar-refractivity contribution >= 4 is 40.0 Å². The van der Waals surface area contributed by atoms with E-state index >= 15 is 0 Å². The van der Waals surface area contributed by atoms with Crippen molar-refractivity contribution in [2.24, 2.45) is 0 Å². The number of carbonyl (C=O) groups excluding carboxylic acids is 2. The van der Waals surface area contributed by atoms with Crippen LogP contribution in [0.4, 0.5) is 10.6 Å². The van der Waals surface area contributed by atoms with Crippen molar-refractivity contribution in [1.82, 2.24) is 14.8 Å². The third-order valence-electron chi connectivity index (χ3n) is 7.02. The highest BCUT2D eigenvalue weighted by Crippen LogP contribution is 2.47. The minimum atomic E-state index is -2.68. The number of anilines is 1. The van der Waals surface area contributed by atoms with Crippen LogP contribution in [0.25, 0.3) is 11.1 Å². The normalized spacial score (nSPS) is 19.3. The maximum absolute atomic E-state index is 13.4. The summed E-state index contributed by atoms with van der Waals surface area (Å²) in [5.74, 6) is 0.656. The number of piperazine rings is 1. The largest absolute Gasteiger partial charge is 0.444 e. The fourth-order valence-corrected chi connectivity index (χ4v) is 7.02. The number of pyridine rings is 1. The first-order valence-corrected chi connectivity index (χ1v) is 15.7. The summed E-state index contributed by atoms with van der Waals surface area (Å²) >= 11 is 6.58. The quantitative estimate of drug-likeness (QED) is 0.416. The Balaban J connectivity index is 1.49. The molecule has 1 atom stereocenters. The molecular formula is C29H36ClN5O5S. The Bertz CT molecular complexity index is 1360. The lowest BCUT2D eigenvalue weighted by atomic mass is 10.0. The molecule has 1 aromatic carbocycles. The van der Waals surface area contributed by atoms with Crippen LogP contribution in [-0.2, 0) is 4.74 Å². The standard InChI is InChI=1S/C29H36ClN5O5S/c1-5-9-35(23-8-14-41(38,39)19-23)27(36)24-7-6-20(16-25(24)30)22-15-21(17-31)26(32-18-22)33-10-12-34(13-11-33)28(37)40-29(2,3)4/h5-7,15-16,18,23,38-39H,1,8-14,19H2,2-4H3. The van der Waals surface area contributed by atoms with Gasteiger partial charge in [-0.25, -0.2) is 9.78 Å². The van der Waals surface area contributed by atoms with E-state index in [4.69, 9.17) is 16.3 Å². The first kappa shape index (κ1) is 30.7. The molecule has 2 aromatic rings. The zero-order valence-electron chi connectivity index (χ0n) is 23.5. The maximum atomic E-state index is 13.4. The van der Waals surface area contributed by atoms with Gasteiger partial charge < -0.3 is 19.4 Å². The van der Waals surface area contributed by atoms with Crippen LogP contribution in [0.15, 0.2) is 43.1 Å². The van der Waals surface area contributed by atoms with Crippen molar-refractivity contribution in [2.45, 2.75) is 38.8 Å². The summed E-state index contributed by atoms with van der Waals surface area (Å²) in [7, 11) is -2.68. The fourth-order valence-electron chi connectivity index (χ4n) is 4.98. The average molecular weight is 602 g/mol. The van der Waals surface area contributed by atoms with E-state index in [2.05, 4.69) is 17.6 Å². The minimum Gasteiger partial charge on any atom is -0.444 e. The molecule has 2 amide bonds. The van der Waals surface area contributed by atoms with Crippen LogP contribution in [-0.4, -0.2) is 91.8 Å². The Morgan fingerprint density at radius 2 is 1.95 bits per heavy atom. The molecule has 12 heteroatoms. The van der Waals surface area contributed by atoms with Gasteiger partial charge in [0.2, 0.25) is 0 Å². The molecule has 1 aromatic heterocycles. The first-order chi connectivity index (χ1) is 19.3. The van der Waals surface area contributed by atoms with Crippen molar-refractivity contribution < 1.29 is 23.4 Å². The highest BCUT2D eigenvalue weighted by Gasteiger charge is 2.35. The lowest BCUT2D eigenvalue weighted by Crippen LogP contribution is -2.50. The number of halogens is 1. The minimum absolute atomic E-state index is 0.146. The van der Waals surface area contributed by atoms with Gasteiger partial charge in [0.1, 0.15) is 17.5 Å². The molecule has 2 N–H and O–H groups in total. The van der Waals surface area contributed by atoms with Crippen molar-refractivity contribution in [1.29, 1.82) is 5.26 Å². The maximum Gasteiger partial charge on any atom is 0.410 e. The van der Waals surface area contributed by atoms with Gasteiger partial charge in [0.15, 0.2) is 0 Å². The molecule has 3 heterocycles. The Morgan fingerprint density at radius 3 is 2.51 bits per heavy atom. The molecule has 0 bridgehead atoms. The molecular weight excluding hydrogens is 566 g/mol. The van der Waals surface area contributed by atoms with Crippen LogP contribution in [0.1, 0.15) is 43.1 Å². The number of benzene rings is 1. The van der Waals surface area contributed by atoms with Crippen molar-refractivity contribution in [2.75, 3.05) is 49.1 Å². The smallest absolute Gasteiger partial charge is 0.410 e. The highest BCUT2D eigenvalue weighted by atomic mass is 35.5. The summed E-state index contributed by atoms with van der Waals surface area (Å²) in [4.78, 5) is 35.6. The third-order valence-corrected chi connectivity index (χ3v) is 9.14. The lowest BCUT2D eigenvalue weighted by molar-refractivity contribution is 0.0240. The lowest BCUT2D eigenvalue weighted by Gasteiger charge is -2.36. The van der Waals surface area contributed by atoms with E-state index in [0.717, 1.165) is 0 Å². The van der Waals surface area contributed by atoms with E-state index in [0.29, 0.717) is 60.7 Å². The Labute approximate surface area is 247 Å². The predicted octanol–water partition coefficient (Wildman–Crippen LogP) is 5.48. The summed E-state index contributed by atoms with van der Waals surface area (Å²) in [5.41, 5.74) is 1.49. The van der Waals surface area contributed by atoms with Crippen LogP contribution in [0, 0.1) is 11.3 Å². The number of rotatable bonds is 6. The van der Waals surface area contributed by atoms with Gasteiger partial charge in [-0.05, 0) is 51.0 Å². The number of amides is 2.